The van der Waals surface area contributed by atoms with Gasteiger partial charge in [0.1, 0.15) is 0 Å². The summed E-state index contributed by atoms with van der Waals surface area (Å²) in [6.07, 6.45) is 9.72. The van der Waals surface area contributed by atoms with Crippen molar-refractivity contribution in [3.8, 4) is 0 Å². The Kier molecular flexibility index (Phi) is 3.53. The van der Waals surface area contributed by atoms with Crippen LogP contribution >= 0.6 is 0 Å². The highest BCUT2D eigenvalue weighted by Crippen LogP contribution is 2.60. The predicted molar refractivity (Wildman–Crippen MR) is 85.2 cm³/mol. The average molecular weight is 306 g/mol. The zero-order valence-electron chi connectivity index (χ0n) is 13.9. The topological polar surface area (TPSA) is 55.6 Å². The molecule has 1 aliphatic heterocycles. The summed E-state index contributed by atoms with van der Waals surface area (Å²) in [5, 5.41) is 0. The Bertz CT molecular complexity index is 421. The Labute approximate surface area is 133 Å². The molecule has 0 aromatic carbocycles. The van der Waals surface area contributed by atoms with Crippen LogP contribution < -0.4 is 5.73 Å². The zero-order valence-corrected chi connectivity index (χ0v) is 13.9. The highest BCUT2D eigenvalue weighted by molar-refractivity contribution is 5.86. The van der Waals surface area contributed by atoms with E-state index in [9.17, 15) is 4.79 Å². The molecule has 1 amide bonds. The number of amides is 1. The van der Waals surface area contributed by atoms with Crippen molar-refractivity contribution in [3.05, 3.63) is 0 Å². The smallest absolute Gasteiger partial charge is 0.242 e. The van der Waals surface area contributed by atoms with Crippen molar-refractivity contribution in [1.29, 1.82) is 0 Å². The molecule has 5 fully saturated rings. The minimum Gasteiger partial charge on any atom is -0.381 e. The third-order valence-corrected chi connectivity index (χ3v) is 6.90. The van der Waals surface area contributed by atoms with Crippen LogP contribution in [0.2, 0.25) is 0 Å². The summed E-state index contributed by atoms with van der Waals surface area (Å²) in [4.78, 5) is 14.9. The molecule has 4 aliphatic carbocycles. The molecule has 0 atom stereocenters. The fourth-order valence-corrected chi connectivity index (χ4v) is 6.39. The molecular formula is C18H30N2O2. The number of rotatable bonds is 3. The molecule has 0 radical (unpaired) electrons. The predicted octanol–water partition coefficient (Wildman–Crippen LogP) is 2.17. The molecule has 4 bridgehead atoms. The van der Waals surface area contributed by atoms with Crippen LogP contribution in [0, 0.1) is 23.2 Å². The number of nitrogens with zero attached hydrogens (tertiary/aromatic N) is 1. The molecule has 4 saturated carbocycles. The van der Waals surface area contributed by atoms with Crippen LogP contribution in [0.3, 0.4) is 0 Å². The third kappa shape index (κ3) is 2.48. The lowest BCUT2D eigenvalue weighted by Crippen LogP contribution is -2.59. The lowest BCUT2D eigenvalue weighted by molar-refractivity contribution is -0.144. The zero-order chi connectivity index (χ0) is 15.4. The number of hydrogen-bond donors (Lipinski definition) is 1. The van der Waals surface area contributed by atoms with E-state index in [4.69, 9.17) is 10.5 Å². The van der Waals surface area contributed by atoms with Crippen molar-refractivity contribution >= 4 is 5.91 Å². The Morgan fingerprint density at radius 3 is 2.09 bits per heavy atom. The maximum atomic E-state index is 12.9. The number of ether oxygens (including phenoxy) is 1. The van der Waals surface area contributed by atoms with Gasteiger partial charge in [0.15, 0.2) is 0 Å². The van der Waals surface area contributed by atoms with Crippen LogP contribution in [-0.2, 0) is 9.53 Å². The van der Waals surface area contributed by atoms with Crippen molar-refractivity contribution in [3.63, 3.8) is 0 Å². The summed E-state index contributed by atoms with van der Waals surface area (Å²) in [6.45, 7) is 2.16. The van der Waals surface area contributed by atoms with Gasteiger partial charge in [0.2, 0.25) is 5.91 Å². The van der Waals surface area contributed by atoms with Gasteiger partial charge in [-0.1, -0.05) is 0 Å². The number of hydrogen-bond acceptors (Lipinski definition) is 3. The first-order valence-electron chi connectivity index (χ1n) is 9.10. The summed E-state index contributed by atoms with van der Waals surface area (Å²) in [6, 6.07) is 0. The Balaban J connectivity index is 1.45. The minimum atomic E-state index is -0.685. The van der Waals surface area contributed by atoms with Crippen molar-refractivity contribution in [2.75, 3.05) is 26.8 Å². The van der Waals surface area contributed by atoms with Gasteiger partial charge in [-0.15, -0.1) is 0 Å². The average Bonchev–Trinajstić information content (AvgIpc) is 2.45. The monoisotopic (exact) mass is 306 g/mol. The molecule has 22 heavy (non-hydrogen) atoms. The van der Waals surface area contributed by atoms with Crippen LogP contribution in [0.4, 0.5) is 0 Å². The lowest BCUT2D eigenvalue weighted by atomic mass is 9.49. The first-order chi connectivity index (χ1) is 10.5. The standard InChI is InChI=1S/C18H30N2O2/c1-20(16(21)18(19)2-4-22-5-3-18)12-17-9-13-6-14(10-17)8-15(7-13)11-17/h13-15H,2-12,19H2,1H3. The van der Waals surface area contributed by atoms with E-state index < -0.39 is 5.54 Å². The second kappa shape index (κ2) is 5.20. The van der Waals surface area contributed by atoms with E-state index in [-0.39, 0.29) is 5.91 Å². The van der Waals surface area contributed by atoms with E-state index in [2.05, 4.69) is 0 Å². The van der Waals surface area contributed by atoms with E-state index >= 15 is 0 Å². The van der Waals surface area contributed by atoms with Crippen LogP contribution in [-0.4, -0.2) is 43.2 Å². The maximum Gasteiger partial charge on any atom is 0.242 e. The molecule has 124 valence electrons. The van der Waals surface area contributed by atoms with Crippen molar-refractivity contribution < 1.29 is 9.53 Å². The largest absolute Gasteiger partial charge is 0.381 e. The van der Waals surface area contributed by atoms with E-state index in [0.29, 0.717) is 31.5 Å². The molecule has 4 heteroatoms. The molecule has 1 heterocycles. The molecule has 0 aromatic heterocycles. The van der Waals surface area contributed by atoms with Gasteiger partial charge in [-0.3, -0.25) is 4.79 Å². The van der Waals surface area contributed by atoms with Crippen LogP contribution in [0.1, 0.15) is 51.4 Å². The van der Waals surface area contributed by atoms with Gasteiger partial charge in [-0.2, -0.15) is 0 Å². The first-order valence-corrected chi connectivity index (χ1v) is 9.10. The van der Waals surface area contributed by atoms with E-state index in [0.717, 1.165) is 24.3 Å². The normalized spacial score (nSPS) is 42.4. The number of carbonyl (C=O) groups excluding carboxylic acids is 1. The van der Waals surface area contributed by atoms with Crippen LogP contribution in [0.25, 0.3) is 0 Å². The molecular weight excluding hydrogens is 276 g/mol. The van der Waals surface area contributed by atoms with E-state index in [1.54, 1.807) is 0 Å². The first kappa shape index (κ1) is 14.9. The maximum absolute atomic E-state index is 12.9. The van der Waals surface area contributed by atoms with Gasteiger partial charge in [0.05, 0.1) is 5.54 Å². The quantitative estimate of drug-likeness (QED) is 0.869. The molecule has 0 spiro atoms. The fraction of sp³-hybridized carbons (Fsp3) is 0.944. The van der Waals surface area contributed by atoms with Crippen LogP contribution in [0.15, 0.2) is 0 Å². The summed E-state index contributed by atoms with van der Waals surface area (Å²) in [5.41, 5.74) is 6.12. The van der Waals surface area contributed by atoms with Gasteiger partial charge >= 0.3 is 0 Å². The van der Waals surface area contributed by atoms with Gasteiger partial charge < -0.3 is 15.4 Å². The highest BCUT2D eigenvalue weighted by atomic mass is 16.5. The molecule has 5 rings (SSSR count). The van der Waals surface area contributed by atoms with Gasteiger partial charge in [0, 0.05) is 26.8 Å². The lowest BCUT2D eigenvalue weighted by Gasteiger charge is -2.58. The van der Waals surface area contributed by atoms with Gasteiger partial charge in [0.25, 0.3) is 0 Å². The molecule has 2 N–H and O–H groups in total. The molecule has 5 aliphatic rings. The summed E-state index contributed by atoms with van der Waals surface area (Å²) in [5.74, 6) is 2.95. The minimum absolute atomic E-state index is 0.145. The van der Waals surface area contributed by atoms with Crippen molar-refractivity contribution in [1.82, 2.24) is 4.90 Å². The van der Waals surface area contributed by atoms with E-state index in [1.807, 2.05) is 11.9 Å². The summed E-state index contributed by atoms with van der Waals surface area (Å²) >= 11 is 0. The Morgan fingerprint density at radius 1 is 1.09 bits per heavy atom. The van der Waals surface area contributed by atoms with Gasteiger partial charge in [-0.25, -0.2) is 0 Å². The molecule has 0 aromatic rings. The summed E-state index contributed by atoms with van der Waals surface area (Å²) in [7, 11) is 1.98. The molecule has 1 saturated heterocycles. The summed E-state index contributed by atoms with van der Waals surface area (Å²) < 4.78 is 5.38. The number of carbonyl (C=O) groups is 1. The second-order valence-corrected chi connectivity index (χ2v) is 8.85. The van der Waals surface area contributed by atoms with E-state index in [1.165, 1.54) is 38.5 Å². The van der Waals surface area contributed by atoms with Crippen molar-refractivity contribution in [2.24, 2.45) is 28.9 Å². The Hall–Kier alpha value is -0.610. The fourth-order valence-electron chi connectivity index (χ4n) is 6.39. The third-order valence-electron chi connectivity index (χ3n) is 6.90. The SMILES string of the molecule is CN(CC12CC3CC(CC(C3)C1)C2)C(=O)C1(N)CCOCC1. The van der Waals surface area contributed by atoms with Crippen LogP contribution in [0.5, 0.6) is 0 Å². The molecule has 4 nitrogen and oxygen atoms in total. The Morgan fingerprint density at radius 2 is 1.59 bits per heavy atom. The van der Waals surface area contributed by atoms with Gasteiger partial charge in [-0.05, 0) is 74.5 Å². The number of nitrogens with two attached hydrogens (primary N) is 1. The number of likely N-dealkylation sites (N-methyl/N-ethyl adjacent to an activating group) is 1. The second-order valence-electron chi connectivity index (χ2n) is 8.85. The molecule has 0 unspecified atom stereocenters. The highest BCUT2D eigenvalue weighted by Gasteiger charge is 2.52. The van der Waals surface area contributed by atoms with Crippen molar-refractivity contribution in [2.45, 2.75) is 56.9 Å².